The Bertz CT molecular complexity index is 402. The van der Waals surface area contributed by atoms with E-state index in [2.05, 4.69) is 23.3 Å². The van der Waals surface area contributed by atoms with Gasteiger partial charge in [0.15, 0.2) is 0 Å². The molecule has 1 aliphatic carbocycles. The van der Waals surface area contributed by atoms with Crippen LogP contribution in [0.5, 0.6) is 0 Å². The van der Waals surface area contributed by atoms with Crippen molar-refractivity contribution < 1.29 is 0 Å². The molecule has 1 fully saturated rings. The van der Waals surface area contributed by atoms with Crippen molar-refractivity contribution >= 4 is 5.82 Å². The standard InChI is InChI=1S/C14H19N3/c1-11(12-6-3-2-4-7-12)16-14-9-5-8-13(10-15)17-14/h5,8-9,11-12H,2-4,6-7H2,1H3,(H,16,17). The van der Waals surface area contributed by atoms with Crippen molar-refractivity contribution in [1.29, 1.82) is 5.26 Å². The van der Waals surface area contributed by atoms with Gasteiger partial charge in [0.25, 0.3) is 0 Å². The third kappa shape index (κ3) is 3.20. The van der Waals surface area contributed by atoms with E-state index in [1.165, 1.54) is 32.1 Å². The summed E-state index contributed by atoms with van der Waals surface area (Å²) in [4.78, 5) is 4.25. The summed E-state index contributed by atoms with van der Waals surface area (Å²) >= 11 is 0. The summed E-state index contributed by atoms with van der Waals surface area (Å²) in [6.07, 6.45) is 6.70. The van der Waals surface area contributed by atoms with E-state index in [4.69, 9.17) is 5.26 Å². The minimum atomic E-state index is 0.441. The molecular weight excluding hydrogens is 210 g/mol. The van der Waals surface area contributed by atoms with Crippen LogP contribution in [0, 0.1) is 17.2 Å². The number of anilines is 1. The van der Waals surface area contributed by atoms with Gasteiger partial charge in [-0.2, -0.15) is 5.26 Å². The minimum absolute atomic E-state index is 0.441. The van der Waals surface area contributed by atoms with E-state index in [1.807, 2.05) is 12.1 Å². The van der Waals surface area contributed by atoms with E-state index in [-0.39, 0.29) is 0 Å². The SMILES string of the molecule is CC(Nc1cccc(C#N)n1)C1CCCCC1. The van der Waals surface area contributed by atoms with Crippen LogP contribution in [-0.4, -0.2) is 11.0 Å². The quantitative estimate of drug-likeness (QED) is 0.864. The van der Waals surface area contributed by atoms with Gasteiger partial charge in [-0.1, -0.05) is 25.3 Å². The number of pyridine rings is 1. The first-order valence-electron chi connectivity index (χ1n) is 6.43. The number of hydrogen-bond acceptors (Lipinski definition) is 3. The maximum absolute atomic E-state index is 8.80. The molecule has 2 rings (SSSR count). The van der Waals surface area contributed by atoms with Gasteiger partial charge in [0.05, 0.1) is 0 Å². The average Bonchev–Trinajstić information content (AvgIpc) is 2.40. The number of hydrogen-bond donors (Lipinski definition) is 1. The molecule has 0 amide bonds. The molecule has 1 heterocycles. The van der Waals surface area contributed by atoms with Crippen LogP contribution in [0.3, 0.4) is 0 Å². The van der Waals surface area contributed by atoms with E-state index < -0.39 is 0 Å². The molecule has 0 aromatic carbocycles. The van der Waals surface area contributed by atoms with Crippen molar-refractivity contribution in [1.82, 2.24) is 4.98 Å². The van der Waals surface area contributed by atoms with Crippen molar-refractivity contribution in [3.05, 3.63) is 23.9 Å². The van der Waals surface area contributed by atoms with Gasteiger partial charge in [0.2, 0.25) is 0 Å². The second-order valence-corrected chi connectivity index (χ2v) is 4.85. The molecule has 0 aliphatic heterocycles. The Morgan fingerprint density at radius 2 is 2.12 bits per heavy atom. The predicted molar refractivity (Wildman–Crippen MR) is 68.6 cm³/mol. The summed E-state index contributed by atoms with van der Waals surface area (Å²) in [6, 6.07) is 8.05. The smallest absolute Gasteiger partial charge is 0.142 e. The fourth-order valence-electron chi connectivity index (χ4n) is 2.56. The van der Waals surface area contributed by atoms with Crippen molar-refractivity contribution in [3.63, 3.8) is 0 Å². The van der Waals surface area contributed by atoms with E-state index in [0.29, 0.717) is 11.7 Å². The number of nitriles is 1. The zero-order chi connectivity index (χ0) is 12.1. The lowest BCUT2D eigenvalue weighted by Gasteiger charge is -2.28. The summed E-state index contributed by atoms with van der Waals surface area (Å²) in [6.45, 7) is 2.22. The van der Waals surface area contributed by atoms with Crippen molar-refractivity contribution in [3.8, 4) is 6.07 Å². The fourth-order valence-corrected chi connectivity index (χ4v) is 2.56. The molecule has 1 N–H and O–H groups in total. The van der Waals surface area contributed by atoms with E-state index in [0.717, 1.165) is 11.7 Å². The zero-order valence-electron chi connectivity index (χ0n) is 10.3. The molecule has 1 aliphatic rings. The van der Waals surface area contributed by atoms with Gasteiger partial charge >= 0.3 is 0 Å². The lowest BCUT2D eigenvalue weighted by atomic mass is 9.84. The Morgan fingerprint density at radius 1 is 1.35 bits per heavy atom. The summed E-state index contributed by atoms with van der Waals surface area (Å²) in [7, 11) is 0. The normalized spacial score (nSPS) is 18.4. The van der Waals surface area contributed by atoms with Crippen LogP contribution in [0.25, 0.3) is 0 Å². The fraction of sp³-hybridized carbons (Fsp3) is 0.571. The molecule has 0 radical (unpaired) electrons. The highest BCUT2D eigenvalue weighted by Crippen LogP contribution is 2.27. The summed E-state index contributed by atoms with van der Waals surface area (Å²) in [5, 5.41) is 12.2. The van der Waals surface area contributed by atoms with E-state index in [9.17, 15) is 0 Å². The molecule has 0 spiro atoms. The third-order valence-electron chi connectivity index (χ3n) is 3.60. The number of rotatable bonds is 3. The highest BCUT2D eigenvalue weighted by atomic mass is 15.0. The van der Waals surface area contributed by atoms with Gasteiger partial charge in [-0.3, -0.25) is 0 Å². The van der Waals surface area contributed by atoms with E-state index in [1.54, 1.807) is 6.07 Å². The van der Waals surface area contributed by atoms with Crippen LogP contribution >= 0.6 is 0 Å². The maximum atomic E-state index is 8.80. The van der Waals surface area contributed by atoms with Crippen molar-refractivity contribution in [2.45, 2.75) is 45.1 Å². The van der Waals surface area contributed by atoms with Crippen LogP contribution in [0.2, 0.25) is 0 Å². The van der Waals surface area contributed by atoms with Crippen LogP contribution < -0.4 is 5.32 Å². The first kappa shape index (κ1) is 11.9. The molecule has 3 heteroatoms. The lowest BCUT2D eigenvalue weighted by molar-refractivity contribution is 0.328. The molecule has 90 valence electrons. The number of nitrogens with one attached hydrogen (secondary N) is 1. The summed E-state index contributed by atoms with van der Waals surface area (Å²) in [5.74, 6) is 1.57. The molecule has 1 aromatic heterocycles. The molecule has 0 bridgehead atoms. The zero-order valence-corrected chi connectivity index (χ0v) is 10.3. The van der Waals surface area contributed by atoms with Crippen LogP contribution in [0.4, 0.5) is 5.82 Å². The van der Waals surface area contributed by atoms with Crippen LogP contribution in [-0.2, 0) is 0 Å². The van der Waals surface area contributed by atoms with Crippen molar-refractivity contribution in [2.24, 2.45) is 5.92 Å². The molecule has 1 atom stereocenters. The van der Waals surface area contributed by atoms with Gasteiger partial charge in [0, 0.05) is 6.04 Å². The van der Waals surface area contributed by atoms with Crippen LogP contribution in [0.1, 0.15) is 44.7 Å². The molecule has 1 aromatic rings. The Morgan fingerprint density at radius 3 is 2.82 bits per heavy atom. The highest BCUT2D eigenvalue weighted by Gasteiger charge is 2.19. The topological polar surface area (TPSA) is 48.7 Å². The van der Waals surface area contributed by atoms with E-state index >= 15 is 0 Å². The first-order chi connectivity index (χ1) is 8.29. The Hall–Kier alpha value is -1.56. The Labute approximate surface area is 103 Å². The second kappa shape index (κ2) is 5.67. The highest BCUT2D eigenvalue weighted by molar-refractivity contribution is 5.39. The molecule has 3 nitrogen and oxygen atoms in total. The van der Waals surface area contributed by atoms with Gasteiger partial charge in [-0.05, 0) is 37.8 Å². The Kier molecular flexibility index (Phi) is 3.98. The maximum Gasteiger partial charge on any atom is 0.142 e. The average molecular weight is 229 g/mol. The van der Waals surface area contributed by atoms with Gasteiger partial charge < -0.3 is 5.32 Å². The third-order valence-corrected chi connectivity index (χ3v) is 3.60. The van der Waals surface area contributed by atoms with Gasteiger partial charge in [-0.25, -0.2) is 4.98 Å². The summed E-state index contributed by atoms with van der Waals surface area (Å²) in [5.41, 5.74) is 0.478. The van der Waals surface area contributed by atoms with Crippen LogP contribution in [0.15, 0.2) is 18.2 Å². The predicted octanol–water partition coefficient (Wildman–Crippen LogP) is 3.33. The Balaban J connectivity index is 1.97. The molecular formula is C14H19N3. The monoisotopic (exact) mass is 229 g/mol. The molecule has 17 heavy (non-hydrogen) atoms. The minimum Gasteiger partial charge on any atom is -0.367 e. The summed E-state index contributed by atoms with van der Waals surface area (Å²) < 4.78 is 0. The molecule has 0 saturated heterocycles. The number of aromatic nitrogens is 1. The molecule has 1 unspecified atom stereocenters. The van der Waals surface area contributed by atoms with Gasteiger partial charge in [0.1, 0.15) is 17.6 Å². The number of nitrogens with zero attached hydrogens (tertiary/aromatic N) is 2. The van der Waals surface area contributed by atoms with Gasteiger partial charge in [-0.15, -0.1) is 0 Å². The lowest BCUT2D eigenvalue weighted by Crippen LogP contribution is -2.28. The molecule has 1 saturated carbocycles. The largest absolute Gasteiger partial charge is 0.367 e. The van der Waals surface area contributed by atoms with Crippen molar-refractivity contribution in [2.75, 3.05) is 5.32 Å². The first-order valence-corrected chi connectivity index (χ1v) is 6.43. The second-order valence-electron chi connectivity index (χ2n) is 4.85.